The molecule has 2 rings (SSSR count). The molecule has 0 amide bonds. The first-order valence-corrected chi connectivity index (χ1v) is 7.49. The lowest BCUT2D eigenvalue weighted by Gasteiger charge is -2.12. The van der Waals surface area contributed by atoms with Crippen molar-refractivity contribution in [2.45, 2.75) is 31.8 Å². The molecular formula is C14H19BrN4O. The molecule has 20 heavy (non-hydrogen) atoms. The molecule has 0 saturated carbocycles. The average molecular weight is 339 g/mol. The highest BCUT2D eigenvalue weighted by atomic mass is 79.9. The van der Waals surface area contributed by atoms with E-state index in [1.54, 1.807) is 4.68 Å². The Morgan fingerprint density at radius 1 is 1.35 bits per heavy atom. The first kappa shape index (κ1) is 15.2. The molecule has 1 aromatic carbocycles. The maximum atomic E-state index is 8.96. The number of aliphatic hydroxyl groups is 1. The molecule has 0 aliphatic heterocycles. The van der Waals surface area contributed by atoms with Crippen LogP contribution in [0.2, 0.25) is 0 Å². The lowest BCUT2D eigenvalue weighted by Crippen LogP contribution is -2.19. The van der Waals surface area contributed by atoms with Gasteiger partial charge in [0.15, 0.2) is 0 Å². The summed E-state index contributed by atoms with van der Waals surface area (Å²) in [4.78, 5) is 4.18. The number of hydrogen-bond acceptors (Lipinski definition) is 4. The molecule has 0 aliphatic carbocycles. The molecule has 5 nitrogen and oxygen atoms in total. The Balaban J connectivity index is 1.87. The molecule has 0 fully saturated rings. The quantitative estimate of drug-likeness (QED) is 0.809. The number of aliphatic hydroxyl groups excluding tert-OH is 1. The molecule has 0 bridgehead atoms. The van der Waals surface area contributed by atoms with Crippen molar-refractivity contribution in [3.05, 3.63) is 46.5 Å². The first-order valence-electron chi connectivity index (χ1n) is 6.70. The summed E-state index contributed by atoms with van der Waals surface area (Å²) >= 11 is 3.55. The summed E-state index contributed by atoms with van der Waals surface area (Å²) in [6.45, 7) is 0.479. The van der Waals surface area contributed by atoms with E-state index in [0.717, 1.165) is 29.6 Å². The van der Waals surface area contributed by atoms with Gasteiger partial charge in [-0.1, -0.05) is 34.1 Å². The highest BCUT2D eigenvalue weighted by Crippen LogP contribution is 2.20. The highest BCUT2D eigenvalue weighted by molar-refractivity contribution is 9.10. The van der Waals surface area contributed by atoms with Crippen LogP contribution in [0.5, 0.6) is 0 Å². The fourth-order valence-electron chi connectivity index (χ4n) is 2.17. The van der Waals surface area contributed by atoms with Gasteiger partial charge in [-0.2, -0.15) is 5.10 Å². The largest absolute Gasteiger partial charge is 0.394 e. The number of hydrogen-bond donors (Lipinski definition) is 2. The Kier molecular flexibility index (Phi) is 5.70. The van der Waals surface area contributed by atoms with Gasteiger partial charge in [-0.3, -0.25) is 0 Å². The molecule has 0 aliphatic rings. The van der Waals surface area contributed by atoms with Gasteiger partial charge >= 0.3 is 0 Å². The van der Waals surface area contributed by atoms with E-state index in [-0.39, 0.29) is 12.6 Å². The molecule has 0 spiro atoms. The molecule has 0 radical (unpaired) electrons. The van der Waals surface area contributed by atoms with Crippen LogP contribution in [-0.2, 0) is 13.0 Å². The Morgan fingerprint density at radius 3 is 2.90 bits per heavy atom. The van der Waals surface area contributed by atoms with Crippen LogP contribution in [0.4, 0.5) is 0 Å². The van der Waals surface area contributed by atoms with Crippen molar-refractivity contribution in [3.63, 3.8) is 0 Å². The zero-order chi connectivity index (χ0) is 14.4. The highest BCUT2D eigenvalue weighted by Gasteiger charge is 2.13. The molecule has 1 atom stereocenters. The van der Waals surface area contributed by atoms with Gasteiger partial charge in [-0.05, 0) is 30.9 Å². The van der Waals surface area contributed by atoms with Crippen molar-refractivity contribution in [2.75, 3.05) is 6.61 Å². The zero-order valence-electron chi connectivity index (χ0n) is 11.2. The van der Waals surface area contributed by atoms with E-state index < -0.39 is 0 Å². The monoisotopic (exact) mass is 338 g/mol. The summed E-state index contributed by atoms with van der Waals surface area (Å²) in [5.41, 5.74) is 7.44. The van der Waals surface area contributed by atoms with E-state index >= 15 is 0 Å². The lowest BCUT2D eigenvalue weighted by molar-refractivity contribution is 0.265. The molecule has 3 N–H and O–H groups in total. The van der Waals surface area contributed by atoms with E-state index in [9.17, 15) is 0 Å². The second-order valence-electron chi connectivity index (χ2n) is 4.66. The van der Waals surface area contributed by atoms with E-state index in [1.807, 2.05) is 18.2 Å². The predicted molar refractivity (Wildman–Crippen MR) is 81.1 cm³/mol. The summed E-state index contributed by atoms with van der Waals surface area (Å²) in [5, 5.41) is 13.0. The molecule has 1 heterocycles. The van der Waals surface area contributed by atoms with Crippen LogP contribution in [0, 0.1) is 0 Å². The van der Waals surface area contributed by atoms with Crippen molar-refractivity contribution in [2.24, 2.45) is 5.73 Å². The number of halogens is 1. The van der Waals surface area contributed by atoms with E-state index in [1.165, 1.54) is 11.9 Å². The maximum Gasteiger partial charge on any atom is 0.143 e. The SMILES string of the molecule is NC(CCCc1ccccc1Br)c1ncnn1CCO. The van der Waals surface area contributed by atoms with Crippen LogP contribution in [0.25, 0.3) is 0 Å². The summed E-state index contributed by atoms with van der Waals surface area (Å²) in [7, 11) is 0. The van der Waals surface area contributed by atoms with Gasteiger partial charge in [0.2, 0.25) is 0 Å². The van der Waals surface area contributed by atoms with Gasteiger partial charge < -0.3 is 10.8 Å². The molecule has 1 aromatic heterocycles. The van der Waals surface area contributed by atoms with Crippen molar-refractivity contribution in [1.29, 1.82) is 0 Å². The molecule has 108 valence electrons. The Labute approximate surface area is 127 Å². The molecular weight excluding hydrogens is 320 g/mol. The molecule has 2 aromatic rings. The topological polar surface area (TPSA) is 77.0 Å². The fourth-order valence-corrected chi connectivity index (χ4v) is 2.65. The first-order chi connectivity index (χ1) is 9.72. The smallest absolute Gasteiger partial charge is 0.143 e. The number of aromatic nitrogens is 3. The normalized spacial score (nSPS) is 12.6. The summed E-state index contributed by atoms with van der Waals surface area (Å²) < 4.78 is 2.81. The number of nitrogens with two attached hydrogens (primary N) is 1. The molecule has 1 unspecified atom stereocenters. The molecule has 6 heteroatoms. The zero-order valence-corrected chi connectivity index (χ0v) is 12.8. The van der Waals surface area contributed by atoms with Gasteiger partial charge in [0.1, 0.15) is 12.2 Å². The number of aryl methyl sites for hydroxylation is 1. The van der Waals surface area contributed by atoms with Gasteiger partial charge in [0.25, 0.3) is 0 Å². The van der Waals surface area contributed by atoms with E-state index in [4.69, 9.17) is 10.8 Å². The Bertz CT molecular complexity index is 543. The van der Waals surface area contributed by atoms with Crippen LogP contribution in [0.1, 0.15) is 30.3 Å². The van der Waals surface area contributed by atoms with Crippen LogP contribution >= 0.6 is 15.9 Å². The lowest BCUT2D eigenvalue weighted by atomic mass is 10.0. The standard InChI is InChI=1S/C14H19BrN4O/c15-12-6-2-1-4-11(12)5-3-7-13(16)14-17-10-18-19(14)8-9-20/h1-2,4,6,10,13,20H,3,5,7-9,16H2. The second-order valence-corrected chi connectivity index (χ2v) is 5.51. The summed E-state index contributed by atoms with van der Waals surface area (Å²) in [6, 6.07) is 8.07. The number of benzene rings is 1. The van der Waals surface area contributed by atoms with Gasteiger partial charge in [0.05, 0.1) is 19.2 Å². The summed E-state index contributed by atoms with van der Waals surface area (Å²) in [6.07, 6.45) is 4.28. The van der Waals surface area contributed by atoms with E-state index in [2.05, 4.69) is 32.1 Å². The van der Waals surface area contributed by atoms with Crippen LogP contribution in [0.15, 0.2) is 35.1 Å². The molecule has 0 saturated heterocycles. The Morgan fingerprint density at radius 2 is 2.15 bits per heavy atom. The van der Waals surface area contributed by atoms with Crippen LogP contribution in [0.3, 0.4) is 0 Å². The van der Waals surface area contributed by atoms with E-state index in [0.29, 0.717) is 6.54 Å². The van der Waals surface area contributed by atoms with Crippen molar-refractivity contribution < 1.29 is 5.11 Å². The van der Waals surface area contributed by atoms with Gasteiger partial charge in [0, 0.05) is 4.47 Å². The van der Waals surface area contributed by atoms with Gasteiger partial charge in [-0.15, -0.1) is 0 Å². The van der Waals surface area contributed by atoms with Crippen LogP contribution < -0.4 is 5.73 Å². The van der Waals surface area contributed by atoms with Crippen molar-refractivity contribution in [1.82, 2.24) is 14.8 Å². The third-order valence-corrected chi connectivity index (χ3v) is 3.98. The fraction of sp³-hybridized carbons (Fsp3) is 0.429. The predicted octanol–water partition coefficient (Wildman–Crippen LogP) is 2.06. The minimum atomic E-state index is -0.147. The summed E-state index contributed by atoms with van der Waals surface area (Å²) in [5.74, 6) is 0.742. The minimum absolute atomic E-state index is 0.0417. The Hall–Kier alpha value is -1.24. The van der Waals surface area contributed by atoms with Crippen molar-refractivity contribution in [3.8, 4) is 0 Å². The minimum Gasteiger partial charge on any atom is -0.394 e. The van der Waals surface area contributed by atoms with Crippen LogP contribution in [-0.4, -0.2) is 26.5 Å². The third-order valence-electron chi connectivity index (χ3n) is 3.21. The second kappa shape index (κ2) is 7.52. The van der Waals surface area contributed by atoms with Crippen molar-refractivity contribution >= 4 is 15.9 Å². The maximum absolute atomic E-state index is 8.96. The number of rotatable bonds is 7. The van der Waals surface area contributed by atoms with Gasteiger partial charge in [-0.25, -0.2) is 9.67 Å². The average Bonchev–Trinajstić information content (AvgIpc) is 2.89. The third kappa shape index (κ3) is 3.88. The number of nitrogens with zero attached hydrogens (tertiary/aromatic N) is 3.